The van der Waals surface area contributed by atoms with Gasteiger partial charge in [0.25, 0.3) is 5.56 Å². The molecule has 0 bridgehead atoms. The quantitative estimate of drug-likeness (QED) is 0.590. The van der Waals surface area contributed by atoms with Crippen molar-refractivity contribution >= 4 is 50.2 Å². The van der Waals surface area contributed by atoms with E-state index in [1.807, 2.05) is 32.9 Å². The molecule has 1 N–H and O–H groups in total. The Bertz CT molecular complexity index is 1120. The van der Waals surface area contributed by atoms with E-state index in [1.54, 1.807) is 0 Å². The normalized spacial score (nSPS) is 11.5. The average molecular weight is 443 g/mol. The second-order valence-electron chi connectivity index (χ2n) is 6.04. The van der Waals surface area contributed by atoms with Gasteiger partial charge in [-0.2, -0.15) is 0 Å². The van der Waals surface area contributed by atoms with Gasteiger partial charge in [0.2, 0.25) is 0 Å². The number of hydrogen-bond donors (Lipinski definition) is 1. The van der Waals surface area contributed by atoms with E-state index in [-0.39, 0.29) is 27.1 Å². The number of nitrogens with one attached hydrogen (secondary N) is 1. The second kappa shape index (κ2) is 6.59. The predicted molar refractivity (Wildman–Crippen MR) is 105 cm³/mol. The number of rotatable bonds is 2. The van der Waals surface area contributed by atoms with Crippen molar-refractivity contribution in [1.29, 1.82) is 0 Å². The van der Waals surface area contributed by atoms with Crippen LogP contribution in [0.15, 0.2) is 32.3 Å². The number of pyridine rings is 1. The van der Waals surface area contributed by atoms with Gasteiger partial charge < -0.3 is 0 Å². The number of fused-ring (bicyclic) bond motifs is 1. The van der Waals surface area contributed by atoms with Gasteiger partial charge in [0.15, 0.2) is 5.65 Å². The number of nitrogens with zero attached hydrogens (tertiary/aromatic N) is 2. The van der Waals surface area contributed by atoms with Crippen molar-refractivity contribution in [3.63, 3.8) is 0 Å². The fourth-order valence-electron chi connectivity index (χ4n) is 2.83. The Morgan fingerprint density at radius 2 is 1.88 bits per heavy atom. The lowest BCUT2D eigenvalue weighted by molar-refractivity contribution is 0.825. The van der Waals surface area contributed by atoms with Crippen molar-refractivity contribution in [3.05, 3.63) is 64.8 Å². The van der Waals surface area contributed by atoms with Gasteiger partial charge in [-0.05, 0) is 42.2 Å². The summed E-state index contributed by atoms with van der Waals surface area (Å²) in [7, 11) is 0. The van der Waals surface area contributed by atoms with Crippen molar-refractivity contribution in [2.24, 2.45) is 0 Å². The number of aryl methyl sites for hydroxylation is 1. The molecule has 0 unspecified atom stereocenters. The van der Waals surface area contributed by atoms with Crippen LogP contribution in [0, 0.1) is 6.92 Å². The molecule has 2 heterocycles. The second-order valence-corrected chi connectivity index (χ2v) is 7.72. The molecule has 25 heavy (non-hydrogen) atoms. The molecule has 130 valence electrons. The molecule has 2 aromatic heterocycles. The van der Waals surface area contributed by atoms with Crippen LogP contribution in [0.3, 0.4) is 0 Å². The Kier molecular flexibility index (Phi) is 4.79. The molecule has 0 atom stereocenters. The largest absolute Gasteiger partial charge is 0.334 e. The van der Waals surface area contributed by atoms with E-state index in [0.717, 1.165) is 15.6 Å². The van der Waals surface area contributed by atoms with Crippen molar-refractivity contribution in [3.8, 4) is 5.69 Å². The van der Waals surface area contributed by atoms with Crippen molar-refractivity contribution in [1.82, 2.24) is 14.5 Å². The van der Waals surface area contributed by atoms with Crippen LogP contribution < -0.4 is 11.2 Å². The van der Waals surface area contributed by atoms with Gasteiger partial charge in [-0.3, -0.25) is 9.78 Å². The first-order valence-electron chi connectivity index (χ1n) is 7.52. The van der Waals surface area contributed by atoms with Crippen LogP contribution >= 0.6 is 39.1 Å². The standard InChI is InChI=1S/C17H14BrCl2N3O2/c1-7(2)10-5-9(18)4-8(3)13(10)23-15-11(16(24)22-17(23)25)6-12(19)14(20)21-15/h4-7H,1-3H3,(H,22,24,25). The average Bonchev–Trinajstić information content (AvgIpc) is 2.50. The number of halogens is 3. The van der Waals surface area contributed by atoms with Crippen LogP contribution in [0.4, 0.5) is 0 Å². The van der Waals surface area contributed by atoms with E-state index in [4.69, 9.17) is 23.2 Å². The molecule has 3 aromatic rings. The van der Waals surface area contributed by atoms with Crippen LogP contribution in [0.1, 0.15) is 30.9 Å². The highest BCUT2D eigenvalue weighted by Gasteiger charge is 2.19. The molecule has 0 amide bonds. The first-order valence-corrected chi connectivity index (χ1v) is 9.07. The fraction of sp³-hybridized carbons (Fsp3) is 0.235. The minimum absolute atomic E-state index is 0.0359. The molecule has 0 saturated heterocycles. The Hall–Kier alpha value is -1.63. The maximum absolute atomic E-state index is 12.6. The van der Waals surface area contributed by atoms with Gasteiger partial charge in [0.05, 0.1) is 16.1 Å². The summed E-state index contributed by atoms with van der Waals surface area (Å²) in [4.78, 5) is 31.4. The molecule has 3 rings (SSSR count). The summed E-state index contributed by atoms with van der Waals surface area (Å²) < 4.78 is 2.30. The minimum Gasteiger partial charge on any atom is -0.273 e. The summed E-state index contributed by atoms with van der Waals surface area (Å²) in [6.07, 6.45) is 0. The Labute approximate surface area is 161 Å². The van der Waals surface area contributed by atoms with Crippen molar-refractivity contribution in [2.45, 2.75) is 26.7 Å². The molecule has 0 aliphatic rings. The van der Waals surface area contributed by atoms with Crippen molar-refractivity contribution < 1.29 is 0 Å². The molecule has 5 nitrogen and oxygen atoms in total. The number of H-pyrrole nitrogens is 1. The highest BCUT2D eigenvalue weighted by molar-refractivity contribution is 9.10. The van der Waals surface area contributed by atoms with Gasteiger partial charge in [0.1, 0.15) is 5.15 Å². The SMILES string of the molecule is Cc1cc(Br)cc(C(C)C)c1-n1c(=O)[nH]c(=O)c2cc(Cl)c(Cl)nc21. The zero-order chi connectivity index (χ0) is 18.5. The third kappa shape index (κ3) is 3.14. The lowest BCUT2D eigenvalue weighted by Gasteiger charge is -2.19. The molecular formula is C17H14BrCl2N3O2. The topological polar surface area (TPSA) is 67.8 Å². The Morgan fingerprint density at radius 3 is 2.52 bits per heavy atom. The van der Waals surface area contributed by atoms with E-state index < -0.39 is 11.2 Å². The van der Waals surface area contributed by atoms with Gasteiger partial charge >= 0.3 is 5.69 Å². The van der Waals surface area contributed by atoms with E-state index in [1.165, 1.54) is 10.6 Å². The van der Waals surface area contributed by atoms with Gasteiger partial charge in [-0.15, -0.1) is 0 Å². The number of aromatic amines is 1. The molecule has 0 aliphatic carbocycles. The first kappa shape index (κ1) is 18.2. The fourth-order valence-corrected chi connectivity index (χ4v) is 3.70. The van der Waals surface area contributed by atoms with Crippen LogP contribution in [0.25, 0.3) is 16.7 Å². The summed E-state index contributed by atoms with van der Waals surface area (Å²) >= 11 is 15.5. The number of aromatic nitrogens is 3. The molecule has 0 aliphatic heterocycles. The molecule has 0 fully saturated rings. The summed E-state index contributed by atoms with van der Waals surface area (Å²) in [5.41, 5.74) is 1.53. The van der Waals surface area contributed by atoms with Gasteiger partial charge in [-0.25, -0.2) is 14.3 Å². The molecule has 0 spiro atoms. The summed E-state index contributed by atoms with van der Waals surface area (Å²) in [5, 5.41) is 0.390. The number of benzene rings is 1. The zero-order valence-electron chi connectivity index (χ0n) is 13.7. The van der Waals surface area contributed by atoms with E-state index in [2.05, 4.69) is 25.9 Å². The molecular weight excluding hydrogens is 429 g/mol. The van der Waals surface area contributed by atoms with Crippen LogP contribution in [-0.4, -0.2) is 14.5 Å². The van der Waals surface area contributed by atoms with Gasteiger partial charge in [0, 0.05) is 4.47 Å². The lowest BCUT2D eigenvalue weighted by atomic mass is 9.98. The molecule has 1 aromatic carbocycles. The summed E-state index contributed by atoms with van der Waals surface area (Å²) in [5.74, 6) is 0.142. The monoisotopic (exact) mass is 441 g/mol. The van der Waals surface area contributed by atoms with Crippen LogP contribution in [-0.2, 0) is 0 Å². The van der Waals surface area contributed by atoms with Crippen molar-refractivity contribution in [2.75, 3.05) is 0 Å². The van der Waals surface area contributed by atoms with Gasteiger partial charge in [-0.1, -0.05) is 53.0 Å². The first-order chi connectivity index (χ1) is 11.7. The van der Waals surface area contributed by atoms with Crippen LogP contribution in [0.2, 0.25) is 10.2 Å². The highest BCUT2D eigenvalue weighted by Crippen LogP contribution is 2.31. The summed E-state index contributed by atoms with van der Waals surface area (Å²) in [6.45, 7) is 5.95. The maximum atomic E-state index is 12.6. The Morgan fingerprint density at radius 1 is 1.20 bits per heavy atom. The zero-order valence-corrected chi connectivity index (χ0v) is 16.8. The maximum Gasteiger partial charge on any atom is 0.334 e. The summed E-state index contributed by atoms with van der Waals surface area (Å²) in [6, 6.07) is 5.28. The molecule has 8 heteroatoms. The van der Waals surface area contributed by atoms with E-state index in [0.29, 0.717) is 5.69 Å². The molecule has 0 radical (unpaired) electrons. The Balaban J connectivity index is 2.56. The molecule has 0 saturated carbocycles. The highest BCUT2D eigenvalue weighted by atomic mass is 79.9. The lowest BCUT2D eigenvalue weighted by Crippen LogP contribution is -2.31. The van der Waals surface area contributed by atoms with Crippen LogP contribution in [0.5, 0.6) is 0 Å². The van der Waals surface area contributed by atoms with E-state index in [9.17, 15) is 9.59 Å². The predicted octanol–water partition coefficient (Wildman–Crippen LogP) is 4.58. The minimum atomic E-state index is -0.573. The number of hydrogen-bond acceptors (Lipinski definition) is 3. The van der Waals surface area contributed by atoms with E-state index >= 15 is 0 Å². The third-order valence-corrected chi connectivity index (χ3v) is 5.06. The smallest absolute Gasteiger partial charge is 0.273 e. The third-order valence-electron chi connectivity index (χ3n) is 3.93.